The molecular formula is C28H25Cl2N5O4. The molecule has 0 bridgehead atoms. The van der Waals surface area contributed by atoms with Crippen LogP contribution in [0.15, 0.2) is 72.0 Å². The van der Waals surface area contributed by atoms with E-state index in [9.17, 15) is 14.4 Å². The van der Waals surface area contributed by atoms with Crippen molar-refractivity contribution in [1.29, 1.82) is 0 Å². The third kappa shape index (κ3) is 6.11. The van der Waals surface area contributed by atoms with Crippen molar-refractivity contribution in [2.75, 3.05) is 25.0 Å². The first-order valence-electron chi connectivity index (χ1n) is 12.4. The van der Waals surface area contributed by atoms with E-state index >= 15 is 0 Å². The minimum absolute atomic E-state index is 0.0285. The summed E-state index contributed by atoms with van der Waals surface area (Å²) in [6.45, 7) is 1.74. The second kappa shape index (κ2) is 11.9. The number of halogens is 2. The SMILES string of the molecule is O=C(CN1CCC(n2cc(C(=O)Nc3c(Cl)cncc3Cl)c(=O)c3cccnc32)CC1)OCc1ccccc1. The fourth-order valence-corrected chi connectivity index (χ4v) is 5.12. The normalized spacial score (nSPS) is 14.3. The first-order valence-corrected chi connectivity index (χ1v) is 13.2. The number of nitrogens with zero attached hydrogens (tertiary/aromatic N) is 4. The average Bonchev–Trinajstić information content (AvgIpc) is 2.95. The van der Waals surface area contributed by atoms with Gasteiger partial charge in [-0.2, -0.15) is 0 Å². The van der Waals surface area contributed by atoms with E-state index in [1.165, 1.54) is 12.4 Å². The Labute approximate surface area is 234 Å². The van der Waals surface area contributed by atoms with Crippen LogP contribution < -0.4 is 10.7 Å². The van der Waals surface area contributed by atoms with Crippen LogP contribution in [0.1, 0.15) is 34.8 Å². The lowest BCUT2D eigenvalue weighted by molar-refractivity contribution is -0.146. The number of benzene rings is 1. The zero-order chi connectivity index (χ0) is 27.4. The average molecular weight is 566 g/mol. The summed E-state index contributed by atoms with van der Waals surface area (Å²) in [5.74, 6) is -0.909. The van der Waals surface area contributed by atoms with Crippen LogP contribution in [0.25, 0.3) is 11.0 Å². The summed E-state index contributed by atoms with van der Waals surface area (Å²) in [5.41, 5.74) is 1.14. The molecule has 1 N–H and O–H groups in total. The number of esters is 1. The fourth-order valence-electron chi connectivity index (χ4n) is 4.66. The summed E-state index contributed by atoms with van der Waals surface area (Å²) in [4.78, 5) is 49.2. The van der Waals surface area contributed by atoms with Crippen LogP contribution in [0.3, 0.4) is 0 Å². The molecule has 0 atom stereocenters. The van der Waals surface area contributed by atoms with Crippen molar-refractivity contribution in [3.05, 3.63) is 98.6 Å². The number of rotatable bonds is 7. The van der Waals surface area contributed by atoms with Crippen molar-refractivity contribution in [1.82, 2.24) is 19.4 Å². The molecule has 1 amide bonds. The molecule has 3 aromatic heterocycles. The maximum atomic E-state index is 13.3. The molecule has 200 valence electrons. The summed E-state index contributed by atoms with van der Waals surface area (Å²) in [6.07, 6.45) is 7.28. The number of fused-ring (bicyclic) bond motifs is 1. The van der Waals surface area contributed by atoms with Crippen molar-refractivity contribution >= 4 is 51.8 Å². The molecule has 0 spiro atoms. The molecule has 9 nitrogen and oxygen atoms in total. The van der Waals surface area contributed by atoms with Crippen molar-refractivity contribution in [3.8, 4) is 0 Å². The molecule has 1 aliphatic rings. The third-order valence-electron chi connectivity index (χ3n) is 6.67. The van der Waals surface area contributed by atoms with Crippen molar-refractivity contribution in [2.45, 2.75) is 25.5 Å². The Morgan fingerprint density at radius 2 is 1.74 bits per heavy atom. The first-order chi connectivity index (χ1) is 18.9. The number of piperidine rings is 1. The highest BCUT2D eigenvalue weighted by atomic mass is 35.5. The topological polar surface area (TPSA) is 106 Å². The smallest absolute Gasteiger partial charge is 0.320 e. The molecule has 39 heavy (non-hydrogen) atoms. The molecular weight excluding hydrogens is 541 g/mol. The number of aromatic nitrogens is 3. The molecule has 0 unspecified atom stereocenters. The van der Waals surface area contributed by atoms with Gasteiger partial charge in [-0.15, -0.1) is 0 Å². The summed E-state index contributed by atoms with van der Waals surface area (Å²) in [5, 5.41) is 3.30. The molecule has 1 saturated heterocycles. The maximum Gasteiger partial charge on any atom is 0.320 e. The van der Waals surface area contributed by atoms with Gasteiger partial charge in [0, 0.05) is 43.9 Å². The highest BCUT2D eigenvalue weighted by Crippen LogP contribution is 2.30. The highest BCUT2D eigenvalue weighted by Gasteiger charge is 2.26. The minimum atomic E-state index is -0.631. The summed E-state index contributed by atoms with van der Waals surface area (Å²) < 4.78 is 7.30. The predicted octanol–water partition coefficient (Wildman–Crippen LogP) is 4.73. The van der Waals surface area contributed by atoms with Gasteiger partial charge in [0.05, 0.1) is 27.7 Å². The Morgan fingerprint density at radius 3 is 2.46 bits per heavy atom. The lowest BCUT2D eigenvalue weighted by atomic mass is 10.0. The summed E-state index contributed by atoms with van der Waals surface area (Å²) in [7, 11) is 0. The van der Waals surface area contributed by atoms with Crippen LogP contribution in [0.2, 0.25) is 10.0 Å². The molecule has 11 heteroatoms. The molecule has 0 saturated carbocycles. The Bertz CT molecular complexity index is 1550. The van der Waals surface area contributed by atoms with Gasteiger partial charge >= 0.3 is 5.97 Å². The van der Waals surface area contributed by atoms with Crippen LogP contribution in [-0.2, 0) is 16.1 Å². The van der Waals surface area contributed by atoms with E-state index in [-0.39, 0.29) is 46.5 Å². The molecule has 0 radical (unpaired) electrons. The van der Waals surface area contributed by atoms with Gasteiger partial charge in [-0.1, -0.05) is 53.5 Å². The second-order valence-corrected chi connectivity index (χ2v) is 10.1. The molecule has 5 rings (SSSR count). The molecule has 1 aliphatic heterocycles. The van der Waals surface area contributed by atoms with Gasteiger partial charge in [0.1, 0.15) is 17.8 Å². The monoisotopic (exact) mass is 565 g/mol. The van der Waals surface area contributed by atoms with E-state index in [0.29, 0.717) is 37.0 Å². The highest BCUT2D eigenvalue weighted by molar-refractivity contribution is 6.39. The number of carbonyl (C=O) groups is 2. The number of anilines is 1. The van der Waals surface area contributed by atoms with Gasteiger partial charge < -0.3 is 14.6 Å². The second-order valence-electron chi connectivity index (χ2n) is 9.24. The largest absolute Gasteiger partial charge is 0.460 e. The maximum absolute atomic E-state index is 13.3. The van der Waals surface area contributed by atoms with Crippen molar-refractivity contribution < 1.29 is 14.3 Å². The minimum Gasteiger partial charge on any atom is -0.460 e. The van der Waals surface area contributed by atoms with Crippen LogP contribution in [-0.4, -0.2) is 50.9 Å². The van der Waals surface area contributed by atoms with Gasteiger partial charge in [-0.3, -0.25) is 24.3 Å². The van der Waals surface area contributed by atoms with Gasteiger partial charge in [0.2, 0.25) is 5.43 Å². The van der Waals surface area contributed by atoms with Crippen LogP contribution >= 0.6 is 23.2 Å². The molecule has 1 aromatic carbocycles. The predicted molar refractivity (Wildman–Crippen MR) is 149 cm³/mol. The van der Waals surface area contributed by atoms with Crippen LogP contribution in [0, 0.1) is 0 Å². The number of ether oxygens (including phenoxy) is 1. The van der Waals surface area contributed by atoms with Crippen LogP contribution in [0.5, 0.6) is 0 Å². The standard InChI is InChI=1S/C28H25Cl2N5O4/c29-22-13-31-14-23(30)25(22)33-28(38)21-15-35(27-20(26(21)37)7-4-10-32-27)19-8-11-34(12-9-19)16-24(36)39-17-18-5-2-1-3-6-18/h1-7,10,13-15,19H,8-9,11-12,16-17H2,(H,31,33,38). The lowest BCUT2D eigenvalue weighted by Gasteiger charge is -2.33. The van der Waals surface area contributed by atoms with Crippen LogP contribution in [0.4, 0.5) is 5.69 Å². The van der Waals surface area contributed by atoms with E-state index in [2.05, 4.69) is 15.3 Å². The van der Waals surface area contributed by atoms with Gasteiger partial charge in [0.15, 0.2) is 0 Å². The van der Waals surface area contributed by atoms with E-state index in [4.69, 9.17) is 27.9 Å². The Hall–Kier alpha value is -3.79. The number of hydrogen-bond acceptors (Lipinski definition) is 7. The van der Waals surface area contributed by atoms with Gasteiger partial charge in [0.25, 0.3) is 5.91 Å². The fraction of sp³-hybridized carbons (Fsp3) is 0.250. The summed E-state index contributed by atoms with van der Waals surface area (Å²) in [6, 6.07) is 12.8. The van der Waals surface area contributed by atoms with E-state index < -0.39 is 11.3 Å². The molecule has 1 fully saturated rings. The Morgan fingerprint density at radius 1 is 1.03 bits per heavy atom. The van der Waals surface area contributed by atoms with Crippen molar-refractivity contribution in [3.63, 3.8) is 0 Å². The lowest BCUT2D eigenvalue weighted by Crippen LogP contribution is -2.39. The number of nitrogens with one attached hydrogen (secondary N) is 1. The Balaban J connectivity index is 1.31. The number of amides is 1. The number of pyridine rings is 3. The number of carbonyl (C=O) groups excluding carboxylic acids is 2. The molecule has 4 heterocycles. The van der Waals surface area contributed by atoms with Crippen molar-refractivity contribution in [2.24, 2.45) is 0 Å². The molecule has 4 aromatic rings. The number of likely N-dealkylation sites (tertiary alicyclic amines) is 1. The molecule has 0 aliphatic carbocycles. The quantitative estimate of drug-likeness (QED) is 0.323. The zero-order valence-corrected chi connectivity index (χ0v) is 22.4. The van der Waals surface area contributed by atoms with E-state index in [0.717, 1.165) is 5.56 Å². The van der Waals surface area contributed by atoms with E-state index in [1.807, 2.05) is 39.8 Å². The van der Waals surface area contributed by atoms with Gasteiger partial charge in [-0.05, 0) is 30.5 Å². The zero-order valence-electron chi connectivity index (χ0n) is 20.8. The van der Waals surface area contributed by atoms with E-state index in [1.54, 1.807) is 24.5 Å². The first kappa shape index (κ1) is 26.8. The number of hydrogen-bond donors (Lipinski definition) is 1. The third-order valence-corrected chi connectivity index (χ3v) is 7.24. The summed E-state index contributed by atoms with van der Waals surface area (Å²) >= 11 is 12.3. The Kier molecular flexibility index (Phi) is 8.21. The van der Waals surface area contributed by atoms with Gasteiger partial charge in [-0.25, -0.2) is 4.98 Å².